The summed E-state index contributed by atoms with van der Waals surface area (Å²) >= 11 is 3.11. The molecule has 18 heavy (non-hydrogen) atoms. The molecule has 1 heterocycles. The largest absolute Gasteiger partial charge is 0.333 e. The van der Waals surface area contributed by atoms with Crippen LogP contribution in [0.2, 0.25) is 0 Å². The van der Waals surface area contributed by atoms with Crippen LogP contribution in [-0.2, 0) is 0 Å². The second kappa shape index (κ2) is 5.36. The third-order valence-corrected chi connectivity index (χ3v) is 3.87. The van der Waals surface area contributed by atoms with E-state index in [1.807, 2.05) is 18.9 Å². The molecule has 0 aromatic heterocycles. The molecule has 5 heteroatoms. The summed E-state index contributed by atoms with van der Waals surface area (Å²) in [5.74, 6) is -0.380. The average Bonchev–Trinajstić information content (AvgIpc) is 2.32. The Morgan fingerprint density at radius 2 is 2.17 bits per heavy atom. The van der Waals surface area contributed by atoms with Crippen molar-refractivity contribution in [2.45, 2.75) is 13.0 Å². The SMILES string of the molecule is C[C@@H]1CN(C)CCN1C(=O)c1ccc(F)c(Br)c1. The van der Waals surface area contributed by atoms with Gasteiger partial charge in [0.25, 0.3) is 5.91 Å². The van der Waals surface area contributed by atoms with Gasteiger partial charge in [0.05, 0.1) is 4.47 Å². The Hall–Kier alpha value is -0.940. The second-order valence-corrected chi connectivity index (χ2v) is 5.59. The standard InChI is InChI=1S/C13H16BrFN2O/c1-9-8-16(2)5-6-17(9)13(18)10-3-4-12(15)11(14)7-10/h3-4,7,9H,5-6,8H2,1-2H3/t9-/m1/s1. The number of carbonyl (C=O) groups is 1. The van der Waals surface area contributed by atoms with Crippen LogP contribution < -0.4 is 0 Å². The van der Waals surface area contributed by atoms with Crippen LogP contribution in [-0.4, -0.2) is 48.4 Å². The maximum atomic E-state index is 13.2. The van der Waals surface area contributed by atoms with Gasteiger partial charge >= 0.3 is 0 Å². The van der Waals surface area contributed by atoms with Gasteiger partial charge in [0.15, 0.2) is 0 Å². The molecule has 3 nitrogen and oxygen atoms in total. The zero-order valence-electron chi connectivity index (χ0n) is 10.5. The van der Waals surface area contributed by atoms with Crippen LogP contribution in [0.1, 0.15) is 17.3 Å². The lowest BCUT2D eigenvalue weighted by molar-refractivity contribution is 0.0533. The van der Waals surface area contributed by atoms with E-state index in [9.17, 15) is 9.18 Å². The van der Waals surface area contributed by atoms with Gasteiger partial charge < -0.3 is 9.80 Å². The number of likely N-dealkylation sites (N-methyl/N-ethyl adjacent to an activating group) is 1. The van der Waals surface area contributed by atoms with Crippen molar-refractivity contribution < 1.29 is 9.18 Å². The van der Waals surface area contributed by atoms with E-state index in [0.29, 0.717) is 16.6 Å². The summed E-state index contributed by atoms with van der Waals surface area (Å²) < 4.78 is 13.5. The van der Waals surface area contributed by atoms with Crippen molar-refractivity contribution in [3.8, 4) is 0 Å². The molecule has 0 spiro atoms. The molecule has 0 bridgehead atoms. The van der Waals surface area contributed by atoms with E-state index in [1.54, 1.807) is 6.07 Å². The summed E-state index contributed by atoms with van der Waals surface area (Å²) in [6.45, 7) is 4.49. The summed E-state index contributed by atoms with van der Waals surface area (Å²) in [4.78, 5) is 16.4. The molecule has 0 N–H and O–H groups in total. The van der Waals surface area contributed by atoms with Gasteiger partial charge in [0, 0.05) is 31.2 Å². The molecule has 0 unspecified atom stereocenters. The van der Waals surface area contributed by atoms with Crippen molar-refractivity contribution in [2.24, 2.45) is 0 Å². The molecule has 1 aromatic carbocycles. The molecule has 0 radical (unpaired) electrons. The minimum absolute atomic E-state index is 0.0312. The van der Waals surface area contributed by atoms with Crippen molar-refractivity contribution in [1.29, 1.82) is 0 Å². The fraction of sp³-hybridized carbons (Fsp3) is 0.462. The molecule has 1 amide bonds. The van der Waals surface area contributed by atoms with Crippen molar-refractivity contribution >= 4 is 21.8 Å². The predicted molar refractivity (Wildman–Crippen MR) is 72.1 cm³/mol. The van der Waals surface area contributed by atoms with E-state index in [4.69, 9.17) is 0 Å². The van der Waals surface area contributed by atoms with Crippen LogP contribution in [0.5, 0.6) is 0 Å². The van der Waals surface area contributed by atoms with Gasteiger partial charge in [0.1, 0.15) is 5.82 Å². The minimum atomic E-state index is -0.349. The lowest BCUT2D eigenvalue weighted by atomic mass is 10.1. The number of piperazine rings is 1. The van der Waals surface area contributed by atoms with E-state index < -0.39 is 0 Å². The molecule has 1 aliphatic rings. The van der Waals surface area contributed by atoms with Crippen LogP contribution in [0, 0.1) is 5.82 Å². The van der Waals surface area contributed by atoms with Crippen molar-refractivity contribution in [2.75, 3.05) is 26.7 Å². The first-order valence-electron chi connectivity index (χ1n) is 5.93. The summed E-state index contributed by atoms with van der Waals surface area (Å²) in [7, 11) is 2.05. The molecule has 1 aromatic rings. The third kappa shape index (κ3) is 2.72. The Labute approximate surface area is 115 Å². The second-order valence-electron chi connectivity index (χ2n) is 4.74. The highest BCUT2D eigenvalue weighted by molar-refractivity contribution is 9.10. The van der Waals surface area contributed by atoms with Gasteiger partial charge in [-0.2, -0.15) is 0 Å². The highest BCUT2D eigenvalue weighted by Crippen LogP contribution is 2.19. The number of nitrogens with zero attached hydrogens (tertiary/aromatic N) is 2. The van der Waals surface area contributed by atoms with Gasteiger partial charge in [0.2, 0.25) is 0 Å². The van der Waals surface area contributed by atoms with Crippen molar-refractivity contribution in [3.05, 3.63) is 34.1 Å². The van der Waals surface area contributed by atoms with E-state index in [0.717, 1.165) is 13.1 Å². The summed E-state index contributed by atoms with van der Waals surface area (Å²) in [6, 6.07) is 4.58. The zero-order chi connectivity index (χ0) is 13.3. The highest BCUT2D eigenvalue weighted by atomic mass is 79.9. The summed E-state index contributed by atoms with van der Waals surface area (Å²) in [5, 5.41) is 0. The minimum Gasteiger partial charge on any atom is -0.333 e. The lowest BCUT2D eigenvalue weighted by Crippen LogP contribution is -2.52. The fourth-order valence-electron chi connectivity index (χ4n) is 2.24. The number of halogens is 2. The number of carbonyl (C=O) groups excluding carboxylic acids is 1. The molecule has 1 aliphatic heterocycles. The van der Waals surface area contributed by atoms with Gasteiger partial charge in [-0.3, -0.25) is 4.79 Å². The lowest BCUT2D eigenvalue weighted by Gasteiger charge is -2.38. The Morgan fingerprint density at radius 1 is 1.44 bits per heavy atom. The number of hydrogen-bond donors (Lipinski definition) is 0. The first-order chi connectivity index (χ1) is 8.49. The topological polar surface area (TPSA) is 23.6 Å². The number of rotatable bonds is 1. The van der Waals surface area contributed by atoms with Crippen LogP contribution in [0.25, 0.3) is 0 Å². The predicted octanol–water partition coefficient (Wildman–Crippen LogP) is 2.36. The quantitative estimate of drug-likeness (QED) is 0.794. The van der Waals surface area contributed by atoms with Crippen LogP contribution in [0.3, 0.4) is 0 Å². The average molecular weight is 315 g/mol. The van der Waals surface area contributed by atoms with Crippen LogP contribution >= 0.6 is 15.9 Å². The molecular weight excluding hydrogens is 299 g/mol. The summed E-state index contributed by atoms with van der Waals surface area (Å²) in [5.41, 5.74) is 0.527. The van der Waals surface area contributed by atoms with E-state index >= 15 is 0 Å². The highest BCUT2D eigenvalue weighted by Gasteiger charge is 2.26. The molecular formula is C13H16BrFN2O. The molecule has 1 saturated heterocycles. The Balaban J connectivity index is 2.18. The monoisotopic (exact) mass is 314 g/mol. The summed E-state index contributed by atoms with van der Waals surface area (Å²) in [6.07, 6.45) is 0. The van der Waals surface area contributed by atoms with E-state index in [1.165, 1.54) is 12.1 Å². The van der Waals surface area contributed by atoms with Gasteiger partial charge in [-0.05, 0) is 48.1 Å². The normalized spacial score (nSPS) is 21.1. The molecule has 0 aliphatic carbocycles. The third-order valence-electron chi connectivity index (χ3n) is 3.26. The molecule has 2 rings (SSSR count). The van der Waals surface area contributed by atoms with Crippen LogP contribution in [0.4, 0.5) is 4.39 Å². The zero-order valence-corrected chi connectivity index (χ0v) is 12.1. The van der Waals surface area contributed by atoms with Crippen LogP contribution in [0.15, 0.2) is 22.7 Å². The van der Waals surface area contributed by atoms with Gasteiger partial charge in [-0.1, -0.05) is 0 Å². The van der Waals surface area contributed by atoms with Crippen molar-refractivity contribution in [1.82, 2.24) is 9.80 Å². The van der Waals surface area contributed by atoms with Crippen molar-refractivity contribution in [3.63, 3.8) is 0 Å². The molecule has 0 saturated carbocycles. The smallest absolute Gasteiger partial charge is 0.254 e. The van der Waals surface area contributed by atoms with E-state index in [-0.39, 0.29) is 17.8 Å². The van der Waals surface area contributed by atoms with Gasteiger partial charge in [-0.15, -0.1) is 0 Å². The maximum Gasteiger partial charge on any atom is 0.254 e. The Bertz CT molecular complexity index is 466. The maximum absolute atomic E-state index is 13.2. The van der Waals surface area contributed by atoms with E-state index in [2.05, 4.69) is 20.8 Å². The fourth-order valence-corrected chi connectivity index (χ4v) is 2.62. The number of hydrogen-bond acceptors (Lipinski definition) is 2. The Morgan fingerprint density at radius 3 is 2.78 bits per heavy atom. The first kappa shape index (κ1) is 13.5. The number of benzene rings is 1. The molecule has 98 valence electrons. The molecule has 1 atom stereocenters. The first-order valence-corrected chi connectivity index (χ1v) is 6.73. The Kier molecular flexibility index (Phi) is 4.02. The number of amides is 1. The molecule has 1 fully saturated rings. The van der Waals surface area contributed by atoms with Gasteiger partial charge in [-0.25, -0.2) is 4.39 Å².